The molecule has 2 rings (SSSR count). The fraction of sp³-hybridized carbons (Fsp3) is 0.917. The number of rotatable bonds is 0. The van der Waals surface area contributed by atoms with Gasteiger partial charge in [0.2, 0.25) is 0 Å². The third-order valence-corrected chi connectivity index (χ3v) is 3.08. The molecule has 2 heterocycles. The minimum atomic E-state index is -0.466. The summed E-state index contributed by atoms with van der Waals surface area (Å²) in [7, 11) is 0. The van der Waals surface area contributed by atoms with E-state index in [0.717, 1.165) is 0 Å². The van der Waals surface area contributed by atoms with Gasteiger partial charge in [-0.1, -0.05) is 0 Å². The van der Waals surface area contributed by atoms with Gasteiger partial charge in [-0.25, -0.2) is 4.79 Å². The highest BCUT2D eigenvalue weighted by Gasteiger charge is 2.50. The van der Waals surface area contributed by atoms with Gasteiger partial charge in [0.25, 0.3) is 0 Å². The van der Waals surface area contributed by atoms with Crippen molar-refractivity contribution in [3.63, 3.8) is 0 Å². The van der Waals surface area contributed by atoms with E-state index in [9.17, 15) is 9.90 Å². The molecule has 0 saturated carbocycles. The largest absolute Gasteiger partial charge is 0.444 e. The molecule has 0 aromatic carbocycles. The quantitative estimate of drug-likeness (QED) is 0.693. The third-order valence-electron chi connectivity index (χ3n) is 3.08. The van der Waals surface area contributed by atoms with Gasteiger partial charge < -0.3 is 19.5 Å². The molecule has 2 saturated heterocycles. The minimum absolute atomic E-state index is 0.299. The lowest BCUT2D eigenvalue weighted by Gasteiger charge is -2.52. The van der Waals surface area contributed by atoms with Gasteiger partial charge in [-0.05, 0) is 27.2 Å². The minimum Gasteiger partial charge on any atom is -0.444 e. The first kappa shape index (κ1) is 12.6. The molecule has 1 spiro atoms. The zero-order valence-electron chi connectivity index (χ0n) is 10.7. The number of aliphatic hydroxyl groups is 1. The lowest BCUT2D eigenvalue weighted by molar-refractivity contribution is -0.183. The Bertz CT molecular complexity index is 304. The number of amides is 1. The van der Waals surface area contributed by atoms with Gasteiger partial charge in [0, 0.05) is 13.0 Å². The van der Waals surface area contributed by atoms with Crippen molar-refractivity contribution in [2.45, 2.75) is 50.9 Å². The molecule has 1 N–H and O–H groups in total. The summed E-state index contributed by atoms with van der Waals surface area (Å²) in [5, 5.41) is 9.61. The maximum absolute atomic E-state index is 11.7. The summed E-state index contributed by atoms with van der Waals surface area (Å²) in [6.45, 7) is 7.17. The Morgan fingerprint density at radius 2 is 2.12 bits per heavy atom. The van der Waals surface area contributed by atoms with Crippen molar-refractivity contribution >= 4 is 6.09 Å². The van der Waals surface area contributed by atoms with Crippen LogP contribution in [0.4, 0.5) is 4.79 Å². The molecule has 17 heavy (non-hydrogen) atoms. The van der Waals surface area contributed by atoms with Gasteiger partial charge in [-0.2, -0.15) is 0 Å². The summed E-state index contributed by atoms with van der Waals surface area (Å²) in [5.41, 5.74) is -0.790. The van der Waals surface area contributed by atoms with Crippen molar-refractivity contribution in [2.75, 3.05) is 19.7 Å². The molecule has 1 atom stereocenters. The number of carbonyl (C=O) groups excluding carboxylic acids is 1. The van der Waals surface area contributed by atoms with E-state index in [2.05, 4.69) is 0 Å². The van der Waals surface area contributed by atoms with E-state index < -0.39 is 5.60 Å². The molecule has 5 heteroatoms. The highest BCUT2D eigenvalue weighted by molar-refractivity contribution is 5.69. The molecule has 0 unspecified atom stereocenters. The topological polar surface area (TPSA) is 59.0 Å². The lowest BCUT2D eigenvalue weighted by atomic mass is 9.85. The van der Waals surface area contributed by atoms with Crippen LogP contribution in [0.25, 0.3) is 0 Å². The Kier molecular flexibility index (Phi) is 3.08. The van der Waals surface area contributed by atoms with Crippen molar-refractivity contribution in [3.05, 3.63) is 0 Å². The molecular weight excluding hydrogens is 222 g/mol. The second kappa shape index (κ2) is 4.14. The van der Waals surface area contributed by atoms with Crippen LogP contribution in [0, 0.1) is 0 Å². The zero-order valence-corrected chi connectivity index (χ0v) is 10.7. The van der Waals surface area contributed by atoms with E-state index in [-0.39, 0.29) is 17.8 Å². The van der Waals surface area contributed by atoms with E-state index in [1.54, 1.807) is 4.90 Å². The molecule has 1 amide bonds. The summed E-state index contributed by atoms with van der Waals surface area (Å²) in [4.78, 5) is 13.4. The molecule has 0 aromatic rings. The summed E-state index contributed by atoms with van der Waals surface area (Å²) in [6.07, 6.45) is 0.705. The number of carbonyl (C=O) groups is 1. The van der Waals surface area contributed by atoms with Crippen LogP contribution < -0.4 is 0 Å². The first-order valence-corrected chi connectivity index (χ1v) is 6.10. The standard InChI is InChI=1S/C12H21NO4/c1-11(2,3)17-10(15)13-7-12(8-13)6-9(14)4-5-16-12/h9,14H,4-8H2,1-3H3/t9-/m1/s1. The summed E-state index contributed by atoms with van der Waals surface area (Å²) in [5.74, 6) is 0. The number of ether oxygens (including phenoxy) is 2. The Hall–Kier alpha value is -0.810. The number of likely N-dealkylation sites (tertiary alicyclic amines) is 1. The van der Waals surface area contributed by atoms with Crippen LogP contribution in [0.5, 0.6) is 0 Å². The van der Waals surface area contributed by atoms with Crippen LogP contribution >= 0.6 is 0 Å². The predicted octanol–water partition coefficient (Wildman–Crippen LogP) is 1.15. The van der Waals surface area contributed by atoms with Crippen molar-refractivity contribution in [1.29, 1.82) is 0 Å². The van der Waals surface area contributed by atoms with E-state index in [1.807, 2.05) is 20.8 Å². The third kappa shape index (κ3) is 2.90. The Morgan fingerprint density at radius 3 is 2.65 bits per heavy atom. The van der Waals surface area contributed by atoms with Crippen LogP contribution in [0.2, 0.25) is 0 Å². The number of hydrogen-bond donors (Lipinski definition) is 1. The van der Waals surface area contributed by atoms with E-state index >= 15 is 0 Å². The number of nitrogens with zero attached hydrogens (tertiary/aromatic N) is 1. The Morgan fingerprint density at radius 1 is 1.47 bits per heavy atom. The van der Waals surface area contributed by atoms with Crippen molar-refractivity contribution in [3.8, 4) is 0 Å². The van der Waals surface area contributed by atoms with Crippen molar-refractivity contribution in [1.82, 2.24) is 4.90 Å². The Balaban J connectivity index is 1.83. The highest BCUT2D eigenvalue weighted by Crippen LogP contribution is 2.34. The zero-order chi connectivity index (χ0) is 12.7. The second-order valence-electron chi connectivity index (χ2n) is 6.01. The molecule has 0 radical (unpaired) electrons. The van der Waals surface area contributed by atoms with Crippen LogP contribution in [-0.2, 0) is 9.47 Å². The molecule has 2 fully saturated rings. The van der Waals surface area contributed by atoms with Crippen LogP contribution in [0.15, 0.2) is 0 Å². The van der Waals surface area contributed by atoms with Gasteiger partial charge in [0.15, 0.2) is 0 Å². The van der Waals surface area contributed by atoms with E-state index in [0.29, 0.717) is 32.5 Å². The predicted molar refractivity (Wildman–Crippen MR) is 61.7 cm³/mol. The maximum Gasteiger partial charge on any atom is 0.410 e. The van der Waals surface area contributed by atoms with Gasteiger partial charge in [-0.15, -0.1) is 0 Å². The van der Waals surface area contributed by atoms with E-state index in [1.165, 1.54) is 0 Å². The number of aliphatic hydroxyl groups excluding tert-OH is 1. The molecule has 2 aliphatic rings. The fourth-order valence-corrected chi connectivity index (χ4v) is 2.33. The average molecular weight is 243 g/mol. The molecular formula is C12H21NO4. The Labute approximate surface area is 102 Å². The summed E-state index contributed by atoms with van der Waals surface area (Å²) >= 11 is 0. The highest BCUT2D eigenvalue weighted by atomic mass is 16.6. The SMILES string of the molecule is CC(C)(C)OC(=O)N1CC2(C[C@H](O)CCO2)C1. The summed E-state index contributed by atoms with van der Waals surface area (Å²) in [6, 6.07) is 0. The van der Waals surface area contributed by atoms with Crippen molar-refractivity contribution < 1.29 is 19.4 Å². The van der Waals surface area contributed by atoms with Gasteiger partial charge in [0.1, 0.15) is 11.2 Å². The van der Waals surface area contributed by atoms with Gasteiger partial charge >= 0.3 is 6.09 Å². The summed E-state index contributed by atoms with van der Waals surface area (Å²) < 4.78 is 10.9. The van der Waals surface area contributed by atoms with Crippen LogP contribution in [0.1, 0.15) is 33.6 Å². The fourth-order valence-electron chi connectivity index (χ4n) is 2.33. The molecule has 0 aromatic heterocycles. The molecule has 0 aliphatic carbocycles. The normalized spacial score (nSPS) is 27.8. The molecule has 5 nitrogen and oxygen atoms in total. The van der Waals surface area contributed by atoms with Gasteiger partial charge in [-0.3, -0.25) is 0 Å². The number of hydrogen-bond acceptors (Lipinski definition) is 4. The lowest BCUT2D eigenvalue weighted by Crippen LogP contribution is -2.67. The maximum atomic E-state index is 11.7. The van der Waals surface area contributed by atoms with Crippen molar-refractivity contribution in [2.24, 2.45) is 0 Å². The molecule has 0 bridgehead atoms. The average Bonchev–Trinajstić information content (AvgIpc) is 2.10. The smallest absolute Gasteiger partial charge is 0.410 e. The van der Waals surface area contributed by atoms with Crippen LogP contribution in [0.3, 0.4) is 0 Å². The molecule has 2 aliphatic heterocycles. The van der Waals surface area contributed by atoms with Gasteiger partial charge in [0.05, 0.1) is 19.2 Å². The first-order valence-electron chi connectivity index (χ1n) is 6.10. The second-order valence-corrected chi connectivity index (χ2v) is 6.01. The molecule has 98 valence electrons. The first-order chi connectivity index (χ1) is 7.80. The van der Waals surface area contributed by atoms with Crippen LogP contribution in [-0.4, -0.2) is 53.1 Å². The van der Waals surface area contributed by atoms with E-state index in [4.69, 9.17) is 9.47 Å². The monoisotopic (exact) mass is 243 g/mol.